The van der Waals surface area contributed by atoms with Gasteiger partial charge >= 0.3 is 11.1 Å². The normalized spacial score (nSPS) is 12.7. The van der Waals surface area contributed by atoms with Gasteiger partial charge in [-0.3, -0.25) is 9.59 Å². The SMILES string of the molecule is O=c1[nH]c2ccc(C(Br)c3sccc3Cl)cc2[nH]c1=O. The molecule has 7 heteroatoms. The lowest BCUT2D eigenvalue weighted by molar-refractivity contribution is 1.13. The van der Waals surface area contributed by atoms with Crippen molar-refractivity contribution in [2.24, 2.45) is 0 Å². The lowest BCUT2D eigenvalue weighted by Gasteiger charge is -2.10. The highest BCUT2D eigenvalue weighted by Crippen LogP contribution is 2.39. The van der Waals surface area contributed by atoms with E-state index in [0.717, 1.165) is 10.4 Å². The summed E-state index contributed by atoms with van der Waals surface area (Å²) in [6, 6.07) is 7.31. The first-order valence-electron chi connectivity index (χ1n) is 5.69. The minimum Gasteiger partial charge on any atom is -0.316 e. The molecule has 0 spiro atoms. The molecule has 20 heavy (non-hydrogen) atoms. The molecular weight excluding hydrogens is 364 g/mol. The topological polar surface area (TPSA) is 65.7 Å². The number of rotatable bonds is 2. The monoisotopic (exact) mass is 370 g/mol. The summed E-state index contributed by atoms with van der Waals surface area (Å²) in [6.45, 7) is 0. The van der Waals surface area contributed by atoms with Crippen molar-refractivity contribution in [3.05, 3.63) is 65.8 Å². The smallest absolute Gasteiger partial charge is 0.314 e. The van der Waals surface area contributed by atoms with Crippen LogP contribution < -0.4 is 11.1 Å². The van der Waals surface area contributed by atoms with Crippen LogP contribution in [0, 0.1) is 0 Å². The van der Waals surface area contributed by atoms with Gasteiger partial charge in [0.25, 0.3) is 0 Å². The molecule has 0 fully saturated rings. The summed E-state index contributed by atoms with van der Waals surface area (Å²) in [4.78, 5) is 28.7. The van der Waals surface area contributed by atoms with Crippen molar-refractivity contribution in [3.8, 4) is 0 Å². The van der Waals surface area contributed by atoms with Crippen LogP contribution in [0.15, 0.2) is 39.2 Å². The van der Waals surface area contributed by atoms with Gasteiger partial charge in [0, 0.05) is 4.88 Å². The first kappa shape index (κ1) is 13.6. The van der Waals surface area contributed by atoms with Gasteiger partial charge < -0.3 is 9.97 Å². The van der Waals surface area contributed by atoms with Gasteiger partial charge in [0.1, 0.15) is 0 Å². The number of benzene rings is 1. The van der Waals surface area contributed by atoms with Gasteiger partial charge in [0.05, 0.1) is 20.9 Å². The molecule has 0 saturated heterocycles. The molecular formula is C13H8BrClN2O2S. The van der Waals surface area contributed by atoms with E-state index in [0.29, 0.717) is 16.1 Å². The number of hydrogen-bond donors (Lipinski definition) is 2. The fourth-order valence-electron chi connectivity index (χ4n) is 1.93. The van der Waals surface area contributed by atoms with Gasteiger partial charge in [0.2, 0.25) is 0 Å². The van der Waals surface area contributed by atoms with E-state index >= 15 is 0 Å². The molecule has 0 aliphatic heterocycles. The summed E-state index contributed by atoms with van der Waals surface area (Å²) in [5, 5.41) is 2.62. The summed E-state index contributed by atoms with van der Waals surface area (Å²) in [7, 11) is 0. The number of hydrogen-bond acceptors (Lipinski definition) is 3. The molecule has 1 unspecified atom stereocenters. The number of aromatic nitrogens is 2. The van der Waals surface area contributed by atoms with Gasteiger partial charge in [-0.15, -0.1) is 11.3 Å². The largest absolute Gasteiger partial charge is 0.316 e. The Labute approximate surface area is 130 Å². The molecule has 1 atom stereocenters. The number of alkyl halides is 1. The molecule has 102 valence electrons. The third kappa shape index (κ3) is 2.34. The number of nitrogens with one attached hydrogen (secondary N) is 2. The Morgan fingerprint density at radius 3 is 2.45 bits per heavy atom. The predicted octanol–water partition coefficient (Wildman–Crippen LogP) is 3.42. The van der Waals surface area contributed by atoms with Crippen LogP contribution in [0.25, 0.3) is 11.0 Å². The molecule has 2 N–H and O–H groups in total. The van der Waals surface area contributed by atoms with Gasteiger partial charge in [0.15, 0.2) is 0 Å². The Bertz CT molecular complexity index is 899. The zero-order valence-electron chi connectivity index (χ0n) is 9.94. The minimum absolute atomic E-state index is 0.0603. The van der Waals surface area contributed by atoms with Gasteiger partial charge in [-0.2, -0.15) is 0 Å². The van der Waals surface area contributed by atoms with Crippen LogP contribution in [-0.4, -0.2) is 9.97 Å². The first-order chi connectivity index (χ1) is 9.56. The van der Waals surface area contributed by atoms with E-state index in [2.05, 4.69) is 25.9 Å². The maximum absolute atomic E-state index is 11.4. The van der Waals surface area contributed by atoms with Crippen molar-refractivity contribution in [1.82, 2.24) is 9.97 Å². The Kier molecular flexibility index (Phi) is 3.54. The van der Waals surface area contributed by atoms with E-state index in [1.165, 1.54) is 0 Å². The molecule has 0 amide bonds. The van der Waals surface area contributed by atoms with E-state index in [-0.39, 0.29) is 4.83 Å². The molecule has 0 aliphatic rings. The highest BCUT2D eigenvalue weighted by molar-refractivity contribution is 9.09. The second-order valence-electron chi connectivity index (χ2n) is 4.21. The van der Waals surface area contributed by atoms with Crippen LogP contribution in [0.4, 0.5) is 0 Å². The Balaban J connectivity index is 2.14. The van der Waals surface area contributed by atoms with E-state index in [1.54, 1.807) is 17.4 Å². The fraction of sp³-hybridized carbons (Fsp3) is 0.0769. The van der Waals surface area contributed by atoms with Crippen molar-refractivity contribution >= 4 is 49.9 Å². The Morgan fingerprint density at radius 1 is 1.10 bits per heavy atom. The quantitative estimate of drug-likeness (QED) is 0.535. The van der Waals surface area contributed by atoms with E-state index in [1.807, 2.05) is 23.6 Å². The molecule has 0 saturated carbocycles. The third-order valence-electron chi connectivity index (χ3n) is 2.91. The summed E-state index contributed by atoms with van der Waals surface area (Å²) in [5.74, 6) is 0. The van der Waals surface area contributed by atoms with Crippen molar-refractivity contribution in [2.45, 2.75) is 4.83 Å². The lowest BCUT2D eigenvalue weighted by Crippen LogP contribution is -2.28. The second kappa shape index (κ2) is 5.20. The maximum atomic E-state index is 11.4. The molecule has 3 aromatic rings. The van der Waals surface area contributed by atoms with Crippen LogP contribution >= 0.6 is 38.9 Å². The van der Waals surface area contributed by atoms with Crippen LogP contribution in [0.3, 0.4) is 0 Å². The van der Waals surface area contributed by atoms with Crippen LogP contribution in [0.1, 0.15) is 15.3 Å². The predicted molar refractivity (Wildman–Crippen MR) is 85.3 cm³/mol. The minimum atomic E-state index is -0.657. The second-order valence-corrected chi connectivity index (χ2v) is 6.48. The van der Waals surface area contributed by atoms with Crippen molar-refractivity contribution < 1.29 is 0 Å². The highest BCUT2D eigenvalue weighted by atomic mass is 79.9. The Morgan fingerprint density at radius 2 is 1.80 bits per heavy atom. The molecule has 2 heterocycles. The molecule has 4 nitrogen and oxygen atoms in total. The van der Waals surface area contributed by atoms with Crippen LogP contribution in [0.5, 0.6) is 0 Å². The molecule has 0 aliphatic carbocycles. The van der Waals surface area contributed by atoms with Crippen LogP contribution in [0.2, 0.25) is 5.02 Å². The van der Waals surface area contributed by atoms with Gasteiger partial charge in [-0.05, 0) is 29.1 Å². The summed E-state index contributed by atoms with van der Waals surface area (Å²) in [6.07, 6.45) is 0. The van der Waals surface area contributed by atoms with Crippen LogP contribution in [-0.2, 0) is 0 Å². The summed E-state index contributed by atoms with van der Waals surface area (Å²) >= 11 is 11.3. The summed E-state index contributed by atoms with van der Waals surface area (Å²) < 4.78 is 0. The highest BCUT2D eigenvalue weighted by Gasteiger charge is 2.15. The first-order valence-corrected chi connectivity index (χ1v) is 7.87. The molecule has 3 rings (SSSR count). The average Bonchev–Trinajstić information content (AvgIpc) is 2.85. The van der Waals surface area contributed by atoms with E-state index in [4.69, 9.17) is 11.6 Å². The van der Waals surface area contributed by atoms with Gasteiger partial charge in [-0.25, -0.2) is 0 Å². The molecule has 0 radical (unpaired) electrons. The number of H-pyrrole nitrogens is 2. The van der Waals surface area contributed by atoms with E-state index < -0.39 is 11.1 Å². The van der Waals surface area contributed by atoms with Gasteiger partial charge in [-0.1, -0.05) is 33.6 Å². The molecule has 2 aromatic heterocycles. The molecule has 0 bridgehead atoms. The fourth-order valence-corrected chi connectivity index (χ4v) is 4.08. The summed E-state index contributed by atoms with van der Waals surface area (Å²) in [5.41, 5.74) is 0.820. The van der Waals surface area contributed by atoms with E-state index in [9.17, 15) is 9.59 Å². The molecule has 1 aromatic carbocycles. The van der Waals surface area contributed by atoms with Crippen molar-refractivity contribution in [2.75, 3.05) is 0 Å². The number of halogens is 2. The Hall–Kier alpha value is -1.37. The average molecular weight is 372 g/mol. The zero-order valence-corrected chi connectivity index (χ0v) is 13.1. The third-order valence-corrected chi connectivity index (χ3v) is 5.63. The van der Waals surface area contributed by atoms with Crippen molar-refractivity contribution in [3.63, 3.8) is 0 Å². The lowest BCUT2D eigenvalue weighted by atomic mass is 10.1. The number of thiophene rings is 1. The van der Waals surface area contributed by atoms with Crippen molar-refractivity contribution in [1.29, 1.82) is 0 Å². The maximum Gasteiger partial charge on any atom is 0.314 e. The zero-order chi connectivity index (χ0) is 14.3. The number of fused-ring (bicyclic) bond motifs is 1. The number of aromatic amines is 2. The standard InChI is InChI=1S/C13H8BrClN2O2S/c14-10(11-7(15)3-4-20-11)6-1-2-8-9(5-6)17-13(19)12(18)16-8/h1-5,10H,(H,16,18)(H,17,19).